The van der Waals surface area contributed by atoms with E-state index < -0.39 is 5.82 Å². The molecule has 1 amide bonds. The first-order valence-corrected chi connectivity index (χ1v) is 6.67. The van der Waals surface area contributed by atoms with E-state index in [4.69, 9.17) is 11.6 Å². The number of carbonyl (C=O) groups excluding carboxylic acids is 1. The van der Waals surface area contributed by atoms with E-state index in [-0.39, 0.29) is 10.9 Å². The highest BCUT2D eigenvalue weighted by Gasteiger charge is 2.09. The molecule has 2 aromatic rings. The molecule has 2 nitrogen and oxygen atoms in total. The fourth-order valence-corrected chi connectivity index (χ4v) is 1.93. The minimum absolute atomic E-state index is 0.0254. The van der Waals surface area contributed by atoms with Crippen LogP contribution in [0.25, 0.3) is 0 Å². The maximum absolute atomic E-state index is 13.3. The van der Waals surface area contributed by atoms with Crippen molar-refractivity contribution < 1.29 is 9.18 Å². The molecule has 0 radical (unpaired) electrons. The molecule has 0 bridgehead atoms. The number of hydrogen-bond donors (Lipinski definition) is 1. The zero-order valence-electron chi connectivity index (χ0n) is 10.0. The summed E-state index contributed by atoms with van der Waals surface area (Å²) in [7, 11) is 0. The molecule has 98 valence electrons. The number of anilines is 1. The average Bonchev–Trinajstić information content (AvgIpc) is 2.37. The Hall–Kier alpha value is -1.39. The van der Waals surface area contributed by atoms with Gasteiger partial charge in [-0.2, -0.15) is 0 Å². The van der Waals surface area contributed by atoms with Gasteiger partial charge in [0.1, 0.15) is 5.82 Å². The molecular weight excluding hydrogens is 333 g/mol. The Balaban J connectivity index is 2.20. The van der Waals surface area contributed by atoms with Gasteiger partial charge in [0.25, 0.3) is 5.91 Å². The maximum Gasteiger partial charge on any atom is 0.255 e. The van der Waals surface area contributed by atoms with Gasteiger partial charge in [0, 0.05) is 15.7 Å². The SMILES string of the molecule is Cc1cc(C(=O)Nc2ccc(Cl)c(F)c2)ccc1Br. The van der Waals surface area contributed by atoms with Gasteiger partial charge in [0.05, 0.1) is 5.02 Å². The van der Waals surface area contributed by atoms with Crippen molar-refractivity contribution in [2.24, 2.45) is 0 Å². The maximum atomic E-state index is 13.3. The first-order chi connectivity index (χ1) is 8.97. The van der Waals surface area contributed by atoms with Gasteiger partial charge >= 0.3 is 0 Å². The highest BCUT2D eigenvalue weighted by molar-refractivity contribution is 9.10. The molecule has 0 aromatic heterocycles. The van der Waals surface area contributed by atoms with Gasteiger partial charge in [0.2, 0.25) is 0 Å². The molecule has 0 aliphatic carbocycles. The van der Waals surface area contributed by atoms with Crippen molar-refractivity contribution in [3.05, 3.63) is 62.8 Å². The molecule has 2 rings (SSSR count). The summed E-state index contributed by atoms with van der Waals surface area (Å²) in [5.74, 6) is -0.858. The largest absolute Gasteiger partial charge is 0.322 e. The summed E-state index contributed by atoms with van der Waals surface area (Å²) in [6.45, 7) is 1.89. The number of aryl methyl sites for hydroxylation is 1. The molecule has 0 atom stereocenters. The second-order valence-corrected chi connectivity index (χ2v) is 5.31. The standard InChI is InChI=1S/C14H10BrClFNO/c1-8-6-9(2-4-11(8)15)14(19)18-10-3-5-12(16)13(17)7-10/h2-7H,1H3,(H,18,19). The van der Waals surface area contributed by atoms with Crippen LogP contribution in [0.1, 0.15) is 15.9 Å². The van der Waals surface area contributed by atoms with Crippen LogP contribution >= 0.6 is 27.5 Å². The third-order valence-corrected chi connectivity index (χ3v) is 3.79. The fourth-order valence-electron chi connectivity index (χ4n) is 1.56. The van der Waals surface area contributed by atoms with Crippen LogP contribution in [0.15, 0.2) is 40.9 Å². The molecule has 1 N–H and O–H groups in total. The second-order valence-electron chi connectivity index (χ2n) is 4.05. The number of hydrogen-bond acceptors (Lipinski definition) is 1. The lowest BCUT2D eigenvalue weighted by Crippen LogP contribution is -2.12. The second kappa shape index (κ2) is 5.72. The van der Waals surface area contributed by atoms with Gasteiger partial charge < -0.3 is 5.32 Å². The third-order valence-electron chi connectivity index (χ3n) is 2.60. The molecular formula is C14H10BrClFNO. The number of benzene rings is 2. The number of carbonyl (C=O) groups is 1. The van der Waals surface area contributed by atoms with Crippen molar-refractivity contribution >= 4 is 39.1 Å². The molecule has 0 heterocycles. The third kappa shape index (κ3) is 3.33. The first-order valence-electron chi connectivity index (χ1n) is 5.50. The van der Waals surface area contributed by atoms with Crippen molar-refractivity contribution in [3.8, 4) is 0 Å². The zero-order chi connectivity index (χ0) is 14.0. The molecule has 0 aliphatic rings. The monoisotopic (exact) mass is 341 g/mol. The summed E-state index contributed by atoms with van der Waals surface area (Å²) in [5.41, 5.74) is 1.83. The molecule has 0 fully saturated rings. The highest BCUT2D eigenvalue weighted by Crippen LogP contribution is 2.21. The van der Waals surface area contributed by atoms with E-state index in [1.807, 2.05) is 6.92 Å². The van der Waals surface area contributed by atoms with Gasteiger partial charge in [-0.25, -0.2) is 4.39 Å². The molecule has 5 heteroatoms. The number of nitrogens with one attached hydrogen (secondary N) is 1. The van der Waals surface area contributed by atoms with Crippen LogP contribution in [0, 0.1) is 12.7 Å². The van der Waals surface area contributed by atoms with Gasteiger partial charge in [-0.3, -0.25) is 4.79 Å². The zero-order valence-corrected chi connectivity index (χ0v) is 12.3. The van der Waals surface area contributed by atoms with Crippen molar-refractivity contribution in [1.29, 1.82) is 0 Å². The molecule has 0 saturated carbocycles. The number of halogens is 3. The van der Waals surface area contributed by atoms with Crippen molar-refractivity contribution in [1.82, 2.24) is 0 Å². The van der Waals surface area contributed by atoms with Gasteiger partial charge in [-0.05, 0) is 48.9 Å². The first kappa shape index (κ1) is 14.0. The summed E-state index contributed by atoms with van der Waals surface area (Å²) < 4.78 is 14.2. The van der Waals surface area contributed by atoms with E-state index in [0.717, 1.165) is 10.0 Å². The summed E-state index contributed by atoms with van der Waals surface area (Å²) in [6, 6.07) is 9.39. The van der Waals surface area contributed by atoms with Crippen LogP contribution in [-0.4, -0.2) is 5.91 Å². The molecule has 0 saturated heterocycles. The van der Waals surface area contributed by atoms with E-state index in [1.165, 1.54) is 12.1 Å². The minimum atomic E-state index is -0.563. The van der Waals surface area contributed by atoms with Gasteiger partial charge in [-0.15, -0.1) is 0 Å². The predicted octanol–water partition coefficient (Wildman–Crippen LogP) is 4.80. The Kier molecular flexibility index (Phi) is 4.22. The fraction of sp³-hybridized carbons (Fsp3) is 0.0714. The average molecular weight is 343 g/mol. The van der Waals surface area contributed by atoms with E-state index >= 15 is 0 Å². The van der Waals surface area contributed by atoms with E-state index in [9.17, 15) is 9.18 Å². The Morgan fingerprint density at radius 2 is 2.00 bits per heavy atom. The highest BCUT2D eigenvalue weighted by atomic mass is 79.9. The van der Waals surface area contributed by atoms with E-state index in [1.54, 1.807) is 24.3 Å². The topological polar surface area (TPSA) is 29.1 Å². The molecule has 2 aromatic carbocycles. The van der Waals surface area contributed by atoms with E-state index in [0.29, 0.717) is 11.3 Å². The predicted molar refractivity (Wildman–Crippen MR) is 78.2 cm³/mol. The number of rotatable bonds is 2. The van der Waals surface area contributed by atoms with E-state index in [2.05, 4.69) is 21.2 Å². The van der Waals surface area contributed by atoms with Crippen molar-refractivity contribution in [2.75, 3.05) is 5.32 Å². The van der Waals surface area contributed by atoms with Crippen molar-refractivity contribution in [3.63, 3.8) is 0 Å². The van der Waals surface area contributed by atoms with Crippen LogP contribution in [0.5, 0.6) is 0 Å². The van der Waals surface area contributed by atoms with Crippen LogP contribution in [-0.2, 0) is 0 Å². The Morgan fingerprint density at radius 3 is 2.63 bits per heavy atom. The molecule has 0 unspecified atom stereocenters. The Bertz CT molecular complexity index is 645. The lowest BCUT2D eigenvalue weighted by Gasteiger charge is -2.07. The summed E-state index contributed by atoms with van der Waals surface area (Å²) in [5, 5.41) is 2.65. The van der Waals surface area contributed by atoms with Crippen LogP contribution in [0.4, 0.5) is 10.1 Å². The molecule has 19 heavy (non-hydrogen) atoms. The number of amides is 1. The van der Waals surface area contributed by atoms with Crippen LogP contribution in [0.3, 0.4) is 0 Å². The summed E-state index contributed by atoms with van der Waals surface area (Å²) >= 11 is 8.95. The normalized spacial score (nSPS) is 10.3. The lowest BCUT2D eigenvalue weighted by atomic mass is 10.1. The Labute approximate surface area is 123 Å². The smallest absolute Gasteiger partial charge is 0.255 e. The molecule has 0 spiro atoms. The van der Waals surface area contributed by atoms with Crippen molar-refractivity contribution in [2.45, 2.75) is 6.92 Å². The summed E-state index contributed by atoms with van der Waals surface area (Å²) in [6.07, 6.45) is 0. The van der Waals surface area contributed by atoms with Crippen LogP contribution in [0.2, 0.25) is 5.02 Å². The Morgan fingerprint density at radius 1 is 1.26 bits per heavy atom. The molecule has 0 aliphatic heterocycles. The van der Waals surface area contributed by atoms with Gasteiger partial charge in [0.15, 0.2) is 0 Å². The quantitative estimate of drug-likeness (QED) is 0.834. The summed E-state index contributed by atoms with van der Waals surface area (Å²) in [4.78, 5) is 12.0. The van der Waals surface area contributed by atoms with Crippen LogP contribution < -0.4 is 5.32 Å². The lowest BCUT2D eigenvalue weighted by molar-refractivity contribution is 0.102. The minimum Gasteiger partial charge on any atom is -0.322 e. The van der Waals surface area contributed by atoms with Gasteiger partial charge in [-0.1, -0.05) is 27.5 Å².